The molecule has 1 heterocycles. The van der Waals surface area contributed by atoms with Gasteiger partial charge in [0, 0.05) is 18.8 Å². The normalized spacial score (nSPS) is 9.65. The number of nitriles is 1. The second-order valence-corrected chi connectivity index (χ2v) is 3.57. The summed E-state index contributed by atoms with van der Waals surface area (Å²) >= 11 is 0. The number of phenolic OH excluding ortho intramolecular Hbond substituents is 1. The number of aromatic nitrogens is 1. The van der Waals surface area contributed by atoms with Crippen molar-refractivity contribution in [2.45, 2.75) is 0 Å². The molecular formula is C13H11N3O. The van der Waals surface area contributed by atoms with Gasteiger partial charge in [0.1, 0.15) is 23.3 Å². The van der Waals surface area contributed by atoms with Gasteiger partial charge in [-0.2, -0.15) is 5.26 Å². The Morgan fingerprint density at radius 2 is 2.00 bits per heavy atom. The average molecular weight is 225 g/mol. The van der Waals surface area contributed by atoms with Crippen LogP contribution in [0.15, 0.2) is 42.5 Å². The molecule has 0 bridgehead atoms. The maximum Gasteiger partial charge on any atom is 0.142 e. The van der Waals surface area contributed by atoms with Crippen LogP contribution in [-0.2, 0) is 0 Å². The van der Waals surface area contributed by atoms with Crippen molar-refractivity contribution in [1.29, 1.82) is 5.26 Å². The van der Waals surface area contributed by atoms with Crippen LogP contribution >= 0.6 is 0 Å². The number of benzene rings is 1. The van der Waals surface area contributed by atoms with E-state index in [2.05, 4.69) is 4.98 Å². The Balaban J connectivity index is 2.37. The van der Waals surface area contributed by atoms with Gasteiger partial charge in [-0.1, -0.05) is 12.1 Å². The molecule has 2 rings (SSSR count). The van der Waals surface area contributed by atoms with Crippen LogP contribution < -0.4 is 4.90 Å². The van der Waals surface area contributed by atoms with Gasteiger partial charge < -0.3 is 10.0 Å². The van der Waals surface area contributed by atoms with E-state index in [4.69, 9.17) is 5.26 Å². The van der Waals surface area contributed by atoms with E-state index in [1.807, 2.05) is 25.2 Å². The Kier molecular flexibility index (Phi) is 2.93. The van der Waals surface area contributed by atoms with Crippen LogP contribution in [-0.4, -0.2) is 17.1 Å². The van der Waals surface area contributed by atoms with Crippen LogP contribution in [0.4, 0.5) is 11.5 Å². The van der Waals surface area contributed by atoms with Crippen molar-refractivity contribution in [3.63, 3.8) is 0 Å². The number of aromatic hydroxyl groups is 1. The number of rotatable bonds is 2. The van der Waals surface area contributed by atoms with Crippen LogP contribution in [0, 0.1) is 11.3 Å². The summed E-state index contributed by atoms with van der Waals surface area (Å²) in [6, 6.07) is 14.1. The Morgan fingerprint density at radius 1 is 1.24 bits per heavy atom. The van der Waals surface area contributed by atoms with Crippen molar-refractivity contribution in [2.24, 2.45) is 0 Å². The second-order valence-electron chi connectivity index (χ2n) is 3.57. The molecule has 0 atom stereocenters. The zero-order valence-electron chi connectivity index (χ0n) is 9.33. The molecule has 0 amide bonds. The maximum atomic E-state index is 9.41. The lowest BCUT2D eigenvalue weighted by atomic mass is 10.2. The first kappa shape index (κ1) is 11.0. The summed E-state index contributed by atoms with van der Waals surface area (Å²) in [5.74, 6) is 0.862. The van der Waals surface area contributed by atoms with Gasteiger partial charge in [0.2, 0.25) is 0 Å². The summed E-state index contributed by atoms with van der Waals surface area (Å²) in [6.07, 6.45) is 0. The molecule has 2 aromatic rings. The van der Waals surface area contributed by atoms with Crippen LogP contribution in [0.5, 0.6) is 5.75 Å². The van der Waals surface area contributed by atoms with Crippen molar-refractivity contribution >= 4 is 11.5 Å². The third kappa shape index (κ3) is 2.34. The SMILES string of the molecule is CN(c1cccc(O)c1)c1cccc(C#N)n1. The van der Waals surface area contributed by atoms with Gasteiger partial charge in [0.05, 0.1) is 0 Å². The fraction of sp³-hybridized carbons (Fsp3) is 0.0769. The number of nitrogens with zero attached hydrogens (tertiary/aromatic N) is 3. The first-order valence-corrected chi connectivity index (χ1v) is 5.10. The molecule has 84 valence electrons. The van der Waals surface area contributed by atoms with E-state index in [1.165, 1.54) is 0 Å². The molecule has 0 aliphatic rings. The van der Waals surface area contributed by atoms with Gasteiger partial charge in [0.25, 0.3) is 0 Å². The fourth-order valence-electron chi connectivity index (χ4n) is 1.51. The highest BCUT2D eigenvalue weighted by molar-refractivity contribution is 5.61. The molecule has 17 heavy (non-hydrogen) atoms. The molecule has 1 aromatic heterocycles. The van der Waals surface area contributed by atoms with E-state index >= 15 is 0 Å². The minimum absolute atomic E-state index is 0.200. The molecule has 0 spiro atoms. The minimum Gasteiger partial charge on any atom is -0.508 e. The molecule has 0 aliphatic heterocycles. The van der Waals surface area contributed by atoms with Gasteiger partial charge in [-0.3, -0.25) is 0 Å². The Bertz CT molecular complexity index is 575. The quantitative estimate of drug-likeness (QED) is 0.852. The van der Waals surface area contributed by atoms with Gasteiger partial charge in [0.15, 0.2) is 0 Å². The molecule has 4 nitrogen and oxygen atoms in total. The number of phenols is 1. The topological polar surface area (TPSA) is 60.1 Å². The lowest BCUT2D eigenvalue weighted by Crippen LogP contribution is -2.11. The number of anilines is 2. The molecule has 0 saturated carbocycles. The first-order valence-electron chi connectivity index (χ1n) is 5.10. The Morgan fingerprint density at radius 3 is 2.71 bits per heavy atom. The highest BCUT2D eigenvalue weighted by Gasteiger charge is 2.06. The van der Waals surface area contributed by atoms with E-state index in [0.29, 0.717) is 11.5 Å². The predicted molar refractivity (Wildman–Crippen MR) is 65.1 cm³/mol. The van der Waals surface area contributed by atoms with E-state index in [1.54, 1.807) is 35.2 Å². The average Bonchev–Trinajstić information content (AvgIpc) is 2.38. The summed E-state index contributed by atoms with van der Waals surface area (Å²) in [5.41, 5.74) is 1.18. The minimum atomic E-state index is 0.200. The molecule has 0 radical (unpaired) electrons. The maximum absolute atomic E-state index is 9.41. The molecular weight excluding hydrogens is 214 g/mol. The van der Waals surface area contributed by atoms with E-state index in [0.717, 1.165) is 5.69 Å². The van der Waals surface area contributed by atoms with Crippen LogP contribution in [0.1, 0.15) is 5.69 Å². The third-order valence-electron chi connectivity index (χ3n) is 2.41. The first-order chi connectivity index (χ1) is 8.20. The summed E-state index contributed by atoms with van der Waals surface area (Å²) in [4.78, 5) is 5.99. The highest BCUT2D eigenvalue weighted by Crippen LogP contribution is 2.24. The van der Waals surface area contributed by atoms with Crippen LogP contribution in [0.2, 0.25) is 0 Å². The lowest BCUT2D eigenvalue weighted by Gasteiger charge is -2.18. The summed E-state index contributed by atoms with van der Waals surface area (Å²) in [5, 5.41) is 18.2. The lowest BCUT2D eigenvalue weighted by molar-refractivity contribution is 0.475. The van der Waals surface area contributed by atoms with Crippen molar-refractivity contribution in [2.75, 3.05) is 11.9 Å². The number of hydrogen-bond acceptors (Lipinski definition) is 4. The van der Waals surface area contributed by atoms with Gasteiger partial charge in [-0.15, -0.1) is 0 Å². The molecule has 4 heteroatoms. The zero-order valence-corrected chi connectivity index (χ0v) is 9.33. The Hall–Kier alpha value is -2.54. The Labute approximate surface area is 99.4 Å². The third-order valence-corrected chi connectivity index (χ3v) is 2.41. The summed E-state index contributed by atoms with van der Waals surface area (Å²) < 4.78 is 0. The molecule has 0 unspecified atom stereocenters. The highest BCUT2D eigenvalue weighted by atomic mass is 16.3. The van der Waals surface area contributed by atoms with Crippen molar-refractivity contribution in [1.82, 2.24) is 4.98 Å². The van der Waals surface area contributed by atoms with Gasteiger partial charge >= 0.3 is 0 Å². The molecule has 0 aliphatic carbocycles. The zero-order chi connectivity index (χ0) is 12.3. The number of hydrogen-bond donors (Lipinski definition) is 1. The van der Waals surface area contributed by atoms with Gasteiger partial charge in [-0.05, 0) is 24.3 Å². The fourth-order valence-corrected chi connectivity index (χ4v) is 1.51. The largest absolute Gasteiger partial charge is 0.508 e. The van der Waals surface area contributed by atoms with E-state index in [-0.39, 0.29) is 5.75 Å². The molecule has 0 saturated heterocycles. The van der Waals surface area contributed by atoms with E-state index < -0.39 is 0 Å². The smallest absolute Gasteiger partial charge is 0.142 e. The standard InChI is InChI=1S/C13H11N3O/c1-16(11-5-3-6-12(17)8-11)13-7-2-4-10(9-14)15-13/h2-8,17H,1H3. The van der Waals surface area contributed by atoms with Crippen LogP contribution in [0.3, 0.4) is 0 Å². The van der Waals surface area contributed by atoms with Gasteiger partial charge in [-0.25, -0.2) is 4.98 Å². The second kappa shape index (κ2) is 4.54. The molecule has 1 N–H and O–H groups in total. The van der Waals surface area contributed by atoms with E-state index in [9.17, 15) is 5.11 Å². The number of pyridine rings is 1. The molecule has 0 fully saturated rings. The predicted octanol–water partition coefficient (Wildman–Crippen LogP) is 2.43. The van der Waals surface area contributed by atoms with Crippen molar-refractivity contribution in [3.05, 3.63) is 48.2 Å². The van der Waals surface area contributed by atoms with Crippen LogP contribution in [0.25, 0.3) is 0 Å². The summed E-state index contributed by atoms with van der Waals surface area (Å²) in [6.45, 7) is 0. The molecule has 1 aromatic carbocycles. The van der Waals surface area contributed by atoms with Crippen molar-refractivity contribution < 1.29 is 5.11 Å². The summed E-state index contributed by atoms with van der Waals surface area (Å²) in [7, 11) is 1.83. The van der Waals surface area contributed by atoms with Crippen molar-refractivity contribution in [3.8, 4) is 11.8 Å². The monoisotopic (exact) mass is 225 g/mol.